The summed E-state index contributed by atoms with van der Waals surface area (Å²) in [5, 5.41) is 20.9. The van der Waals surface area contributed by atoms with Gasteiger partial charge in [-0.2, -0.15) is 9.29 Å². The number of nitrogens with two attached hydrogens (primary N) is 1. The van der Waals surface area contributed by atoms with Crippen molar-refractivity contribution in [2.75, 3.05) is 25.6 Å². The molecule has 3 heterocycles. The third kappa shape index (κ3) is 27.9. The quantitative estimate of drug-likeness (QED) is 0.0135. The molecule has 3 rings (SSSR count). The summed E-state index contributed by atoms with van der Waals surface area (Å²) >= 11 is 0. The molecule has 2 aliphatic heterocycles. The fraction of sp³-hybridized carbons (Fsp3) is 0.680. The van der Waals surface area contributed by atoms with Crippen LogP contribution in [0, 0.1) is 0 Å². The highest BCUT2D eigenvalue weighted by Crippen LogP contribution is 2.60. The number of hydrogen-bond acceptors (Lipinski definition) is 16. The molecule has 0 bridgehead atoms. The minimum Gasteiger partial charge on any atom is -0.462 e. The van der Waals surface area contributed by atoms with E-state index in [2.05, 4.69) is 59.6 Å². The summed E-state index contributed by atoms with van der Waals surface area (Å²) in [6, 6.07) is 1.24. The van der Waals surface area contributed by atoms with Gasteiger partial charge in [-0.25, -0.2) is 13.9 Å². The number of esters is 2. The van der Waals surface area contributed by atoms with Crippen LogP contribution in [-0.2, 0) is 51.0 Å². The van der Waals surface area contributed by atoms with E-state index in [0.717, 1.165) is 68.6 Å². The van der Waals surface area contributed by atoms with Crippen molar-refractivity contribution in [3.63, 3.8) is 0 Å². The molecule has 1 aromatic rings. The zero-order valence-electron chi connectivity index (χ0n) is 41.7. The van der Waals surface area contributed by atoms with Crippen molar-refractivity contribution in [3.05, 3.63) is 83.5 Å². The first kappa shape index (κ1) is 61.7. The van der Waals surface area contributed by atoms with Gasteiger partial charge in [-0.15, -0.1) is 0 Å². The molecule has 0 aromatic carbocycles. The van der Waals surface area contributed by atoms with Crippen LogP contribution in [0.5, 0.6) is 0 Å². The van der Waals surface area contributed by atoms with Crippen molar-refractivity contribution in [3.8, 4) is 0 Å². The summed E-state index contributed by atoms with van der Waals surface area (Å²) in [6.45, 7) is 1.96. The average Bonchev–Trinajstić information content (AvgIpc) is 4.02. The van der Waals surface area contributed by atoms with Crippen molar-refractivity contribution in [1.82, 2.24) is 9.55 Å². The summed E-state index contributed by atoms with van der Waals surface area (Å²) in [6.07, 6.45) is 35.0. The number of phosphoric ester groups is 2. The van der Waals surface area contributed by atoms with E-state index in [-0.39, 0.29) is 18.7 Å². The highest BCUT2D eigenvalue weighted by molar-refractivity contribution is 7.61. The number of epoxide rings is 1. The van der Waals surface area contributed by atoms with Gasteiger partial charge in [-0.1, -0.05) is 152 Å². The molecular weight excluding hydrogens is 961 g/mol. The second-order valence-electron chi connectivity index (χ2n) is 17.7. The lowest BCUT2D eigenvalue weighted by atomic mass is 10.0. The van der Waals surface area contributed by atoms with Crippen LogP contribution in [0.4, 0.5) is 5.82 Å². The van der Waals surface area contributed by atoms with E-state index in [1.165, 1.54) is 57.4 Å². The number of allylic oxidation sites excluding steroid dienone is 8. The van der Waals surface area contributed by atoms with E-state index >= 15 is 0 Å². The Balaban J connectivity index is 1.41. The zero-order chi connectivity index (χ0) is 51.7. The molecule has 0 amide bonds. The van der Waals surface area contributed by atoms with E-state index in [0.29, 0.717) is 31.5 Å². The van der Waals surface area contributed by atoms with E-state index < -0.39 is 83.7 Å². The molecule has 0 saturated carbocycles. The van der Waals surface area contributed by atoms with Crippen molar-refractivity contribution in [1.29, 1.82) is 0 Å². The molecule has 9 atom stereocenters. The smallest absolute Gasteiger partial charge is 0.462 e. The predicted octanol–water partition coefficient (Wildman–Crippen LogP) is 9.32. The highest BCUT2D eigenvalue weighted by Gasteiger charge is 2.46. The van der Waals surface area contributed by atoms with Crippen LogP contribution in [0.2, 0.25) is 0 Å². The Kier molecular flexibility index (Phi) is 30.9. The van der Waals surface area contributed by atoms with Crippen LogP contribution in [0.25, 0.3) is 0 Å². The van der Waals surface area contributed by atoms with Crippen molar-refractivity contribution in [2.45, 2.75) is 198 Å². The number of phosphoric acid groups is 2. The minimum atomic E-state index is -5.44. The van der Waals surface area contributed by atoms with Gasteiger partial charge in [-0.05, 0) is 57.4 Å². The molecule has 402 valence electrons. The maximum atomic E-state index is 12.8. The number of aromatic nitrogens is 2. The number of unbranched alkanes of at least 4 members (excludes halogenated alkanes) is 12. The van der Waals surface area contributed by atoms with E-state index in [1.807, 2.05) is 24.3 Å². The molecule has 2 aliphatic rings. The standard InChI is InChI=1S/C50H81N3O16P2/c1-3-5-7-8-9-10-11-12-16-19-22-25-29-33-45(54)63-37-40(66-46(55)34-30-26-23-20-17-14-13-15-18-21-24-28-32-42-41(67-42)31-27-6-4-2)38-64-70(59,60)69-71(61,62)65-39-43-47(56)48(57)49(68-43)53-36-35-44(51)52-50(53)58/h6,14-15,17-18,23-24,26-28,35-36,40-43,47-49,56-57H,3-5,7-13,16,19-22,25,29-34,37-39H2,1-2H3,(H,59,60)(H,61,62)(H2,51,52,58)/b17-14-,18-15-,26-23-,27-6-,28-24-/t40-,41?,42?,43-,47-,48-,49-/m1/s1. The molecule has 2 fully saturated rings. The lowest BCUT2D eigenvalue weighted by Gasteiger charge is -2.21. The Morgan fingerprint density at radius 3 is 1.85 bits per heavy atom. The number of aliphatic hydroxyl groups excluding tert-OH is 2. The molecule has 6 N–H and O–H groups in total. The lowest BCUT2D eigenvalue weighted by Crippen LogP contribution is -2.36. The largest absolute Gasteiger partial charge is 0.481 e. The third-order valence-electron chi connectivity index (χ3n) is 11.5. The maximum absolute atomic E-state index is 12.8. The van der Waals surface area contributed by atoms with Crippen molar-refractivity contribution >= 4 is 33.4 Å². The second kappa shape index (κ2) is 35.6. The van der Waals surface area contributed by atoms with Gasteiger partial charge in [0.25, 0.3) is 0 Å². The van der Waals surface area contributed by atoms with Gasteiger partial charge in [0.2, 0.25) is 0 Å². The monoisotopic (exact) mass is 1040 g/mol. The Hall–Kier alpha value is -3.58. The van der Waals surface area contributed by atoms with Gasteiger partial charge in [0.1, 0.15) is 30.7 Å². The number of aliphatic hydroxyl groups is 2. The van der Waals surface area contributed by atoms with E-state index in [9.17, 15) is 43.5 Å². The summed E-state index contributed by atoms with van der Waals surface area (Å²) in [5.74, 6) is -1.40. The normalized spacial score (nSPS) is 22.5. The fourth-order valence-corrected chi connectivity index (χ4v) is 9.61. The zero-order valence-corrected chi connectivity index (χ0v) is 43.5. The van der Waals surface area contributed by atoms with Crippen LogP contribution in [-0.4, -0.2) is 97.9 Å². The first-order valence-electron chi connectivity index (χ1n) is 25.4. The van der Waals surface area contributed by atoms with Gasteiger partial charge >= 0.3 is 33.3 Å². The van der Waals surface area contributed by atoms with Gasteiger partial charge in [0.05, 0.1) is 25.4 Å². The molecule has 2 saturated heterocycles. The van der Waals surface area contributed by atoms with Crippen LogP contribution in [0.3, 0.4) is 0 Å². The van der Waals surface area contributed by atoms with Crippen LogP contribution >= 0.6 is 15.6 Å². The molecule has 0 radical (unpaired) electrons. The van der Waals surface area contributed by atoms with Crippen LogP contribution in [0.1, 0.15) is 161 Å². The third-order valence-corrected chi connectivity index (χ3v) is 14.1. The SMILES string of the molecule is CC/C=C\CC1OC1C/C=C\C/C=C\C/C=C\C/C=C\CCC(=O)O[C@H](COC(=O)CCCCCCCCCCCCCCC)COP(=O)(O)OP(=O)(O)OC[C@H]1O[C@@H](n2ccc(N)nc2=O)[C@H](O)[C@@H]1O. The fourth-order valence-electron chi connectivity index (χ4n) is 7.50. The lowest BCUT2D eigenvalue weighted by molar-refractivity contribution is -0.161. The molecule has 4 unspecified atom stereocenters. The number of nitrogen functional groups attached to an aromatic ring is 1. The van der Waals surface area contributed by atoms with Gasteiger partial charge in [-0.3, -0.25) is 23.2 Å². The van der Waals surface area contributed by atoms with Crippen molar-refractivity contribution in [2.24, 2.45) is 0 Å². The topological polar surface area (TPSA) is 278 Å². The molecule has 71 heavy (non-hydrogen) atoms. The molecule has 21 heteroatoms. The highest BCUT2D eigenvalue weighted by atomic mass is 31.3. The summed E-state index contributed by atoms with van der Waals surface area (Å²) in [7, 11) is -10.9. The predicted molar refractivity (Wildman–Crippen MR) is 270 cm³/mol. The minimum absolute atomic E-state index is 0.0790. The second-order valence-corrected chi connectivity index (χ2v) is 20.7. The molecular formula is C50H81N3O16P2. The molecule has 19 nitrogen and oxygen atoms in total. The molecule has 0 aliphatic carbocycles. The first-order valence-corrected chi connectivity index (χ1v) is 28.4. The van der Waals surface area contributed by atoms with E-state index in [4.69, 9.17) is 33.7 Å². The number of carbonyl (C=O) groups is 2. The number of hydrogen-bond donors (Lipinski definition) is 5. The van der Waals surface area contributed by atoms with Gasteiger partial charge in [0, 0.05) is 19.0 Å². The summed E-state index contributed by atoms with van der Waals surface area (Å²) in [4.78, 5) is 61.9. The number of nitrogens with zero attached hydrogens (tertiary/aromatic N) is 2. The Morgan fingerprint density at radius 1 is 0.704 bits per heavy atom. The number of rotatable bonds is 40. The maximum Gasteiger partial charge on any atom is 0.481 e. The number of carbonyl (C=O) groups excluding carboxylic acids is 2. The summed E-state index contributed by atoms with van der Waals surface area (Å²) in [5.41, 5.74) is 4.58. The number of anilines is 1. The van der Waals surface area contributed by atoms with Crippen molar-refractivity contribution < 1.29 is 71.0 Å². The number of ether oxygens (including phenoxy) is 4. The summed E-state index contributed by atoms with van der Waals surface area (Å²) < 4.78 is 62.3. The Bertz CT molecular complexity index is 1990. The Morgan fingerprint density at radius 2 is 1.25 bits per heavy atom. The van der Waals surface area contributed by atoms with Gasteiger partial charge < -0.3 is 44.7 Å². The molecule has 1 aromatic heterocycles. The average molecular weight is 1040 g/mol. The van der Waals surface area contributed by atoms with Gasteiger partial charge in [0.15, 0.2) is 12.3 Å². The van der Waals surface area contributed by atoms with E-state index in [1.54, 1.807) is 0 Å². The first-order chi connectivity index (χ1) is 34.1. The Labute approximate surface area is 419 Å². The van der Waals surface area contributed by atoms with Crippen LogP contribution < -0.4 is 11.4 Å². The molecule has 0 spiro atoms. The van der Waals surface area contributed by atoms with Crippen LogP contribution in [0.15, 0.2) is 77.8 Å².